The minimum absolute atomic E-state index is 0.305. The number of primary amides is 1. The maximum atomic E-state index is 11.4. The maximum Gasteiger partial charge on any atom is 0.248 e. The van der Waals surface area contributed by atoms with E-state index < -0.39 is 5.91 Å². The van der Waals surface area contributed by atoms with E-state index in [1.807, 2.05) is 6.92 Å². The number of anilines is 1. The number of pyridine rings is 1. The Morgan fingerprint density at radius 3 is 2.85 bits per heavy atom. The van der Waals surface area contributed by atoms with Crippen LogP contribution in [0.2, 0.25) is 0 Å². The molecule has 0 radical (unpaired) electrons. The van der Waals surface area contributed by atoms with E-state index in [4.69, 9.17) is 11.5 Å². The molecule has 1 aromatic rings. The first-order valence-corrected chi connectivity index (χ1v) is 7.33. The quantitative estimate of drug-likeness (QED) is 0.844. The Hall–Kier alpha value is -1.62. The van der Waals surface area contributed by atoms with Crippen molar-refractivity contribution < 1.29 is 4.79 Å². The van der Waals surface area contributed by atoms with E-state index in [1.54, 1.807) is 12.1 Å². The number of aryl methyl sites for hydroxylation is 1. The van der Waals surface area contributed by atoms with E-state index in [0.717, 1.165) is 31.0 Å². The number of nitrogens with zero attached hydrogens (tertiary/aromatic N) is 2. The lowest BCUT2D eigenvalue weighted by Crippen LogP contribution is -2.38. The highest BCUT2D eigenvalue weighted by Crippen LogP contribution is 2.37. The molecule has 0 aromatic carbocycles. The van der Waals surface area contributed by atoms with Crippen molar-refractivity contribution in [2.24, 2.45) is 23.3 Å². The van der Waals surface area contributed by atoms with Crippen LogP contribution in [0.5, 0.6) is 0 Å². The summed E-state index contributed by atoms with van der Waals surface area (Å²) in [7, 11) is 0. The predicted molar refractivity (Wildman–Crippen MR) is 78.5 cm³/mol. The molecule has 1 aromatic heterocycles. The number of fused-ring (bicyclic) bond motifs is 1. The Kier molecular flexibility index (Phi) is 3.38. The average molecular weight is 274 g/mol. The van der Waals surface area contributed by atoms with Gasteiger partial charge in [-0.25, -0.2) is 4.98 Å². The summed E-state index contributed by atoms with van der Waals surface area (Å²) in [5.74, 6) is 1.69. The summed E-state index contributed by atoms with van der Waals surface area (Å²) in [6.07, 6.45) is 3.61. The summed E-state index contributed by atoms with van der Waals surface area (Å²) in [6.45, 7) is 3.83. The molecule has 3 atom stereocenters. The smallest absolute Gasteiger partial charge is 0.248 e. The SMILES string of the molecule is Cc1cc(C(N)=O)cc(N2CC3CCCC(N)C3C2)n1. The Bertz CT molecular complexity index is 531. The van der Waals surface area contributed by atoms with E-state index in [2.05, 4.69) is 9.88 Å². The van der Waals surface area contributed by atoms with Gasteiger partial charge < -0.3 is 16.4 Å². The average Bonchev–Trinajstić information content (AvgIpc) is 2.83. The van der Waals surface area contributed by atoms with E-state index in [0.29, 0.717) is 23.4 Å². The molecule has 0 spiro atoms. The number of amides is 1. The highest BCUT2D eigenvalue weighted by atomic mass is 16.1. The lowest BCUT2D eigenvalue weighted by molar-refractivity contribution is 0.1000. The maximum absolute atomic E-state index is 11.4. The fraction of sp³-hybridized carbons (Fsp3) is 0.600. The number of nitrogens with two attached hydrogens (primary N) is 2. The lowest BCUT2D eigenvalue weighted by atomic mass is 9.78. The molecule has 1 saturated carbocycles. The monoisotopic (exact) mass is 274 g/mol. The molecule has 1 amide bonds. The van der Waals surface area contributed by atoms with Crippen LogP contribution in [0.25, 0.3) is 0 Å². The van der Waals surface area contributed by atoms with Crippen molar-refractivity contribution in [3.8, 4) is 0 Å². The van der Waals surface area contributed by atoms with Crippen LogP contribution in [0.1, 0.15) is 35.3 Å². The van der Waals surface area contributed by atoms with E-state index in [9.17, 15) is 4.79 Å². The number of hydrogen-bond acceptors (Lipinski definition) is 4. The summed E-state index contributed by atoms with van der Waals surface area (Å²) in [5, 5.41) is 0. The molecule has 5 heteroatoms. The summed E-state index contributed by atoms with van der Waals surface area (Å²) in [5.41, 5.74) is 13.0. The Morgan fingerprint density at radius 1 is 1.35 bits per heavy atom. The van der Waals surface area contributed by atoms with Crippen molar-refractivity contribution in [1.82, 2.24) is 4.98 Å². The second-order valence-electron chi connectivity index (χ2n) is 6.14. The predicted octanol–water partition coefficient (Wildman–Crippen LogP) is 1.05. The lowest BCUT2D eigenvalue weighted by Gasteiger charge is -2.29. The van der Waals surface area contributed by atoms with Crippen molar-refractivity contribution in [3.05, 3.63) is 23.4 Å². The largest absolute Gasteiger partial charge is 0.366 e. The molecule has 1 aliphatic heterocycles. The molecular weight excluding hydrogens is 252 g/mol. The molecule has 2 heterocycles. The molecule has 20 heavy (non-hydrogen) atoms. The van der Waals surface area contributed by atoms with Crippen LogP contribution in [0.4, 0.5) is 5.82 Å². The molecule has 3 unspecified atom stereocenters. The van der Waals surface area contributed by atoms with Gasteiger partial charge >= 0.3 is 0 Å². The van der Waals surface area contributed by atoms with E-state index >= 15 is 0 Å². The Morgan fingerprint density at radius 2 is 2.15 bits per heavy atom. The molecule has 2 fully saturated rings. The summed E-state index contributed by atoms with van der Waals surface area (Å²) < 4.78 is 0. The molecule has 1 aliphatic carbocycles. The van der Waals surface area contributed by atoms with Crippen LogP contribution in [-0.4, -0.2) is 30.0 Å². The van der Waals surface area contributed by atoms with Gasteiger partial charge in [-0.2, -0.15) is 0 Å². The first-order valence-electron chi connectivity index (χ1n) is 7.33. The molecule has 1 saturated heterocycles. The van der Waals surface area contributed by atoms with Crippen molar-refractivity contribution in [2.45, 2.75) is 32.2 Å². The van der Waals surface area contributed by atoms with Gasteiger partial charge in [-0.3, -0.25) is 4.79 Å². The van der Waals surface area contributed by atoms with Gasteiger partial charge in [-0.05, 0) is 43.7 Å². The molecule has 0 bridgehead atoms. The number of rotatable bonds is 2. The Labute approximate surface area is 119 Å². The summed E-state index contributed by atoms with van der Waals surface area (Å²) in [6, 6.07) is 3.85. The Balaban J connectivity index is 1.85. The van der Waals surface area contributed by atoms with Crippen molar-refractivity contribution in [3.63, 3.8) is 0 Å². The van der Waals surface area contributed by atoms with Crippen LogP contribution in [-0.2, 0) is 0 Å². The molecule has 5 nitrogen and oxygen atoms in total. The van der Waals surface area contributed by atoms with Gasteiger partial charge in [0, 0.05) is 30.4 Å². The highest BCUT2D eigenvalue weighted by molar-refractivity contribution is 5.93. The first-order chi connectivity index (χ1) is 9.54. The van der Waals surface area contributed by atoms with Crippen LogP contribution in [0, 0.1) is 18.8 Å². The van der Waals surface area contributed by atoms with Crippen LogP contribution < -0.4 is 16.4 Å². The number of aromatic nitrogens is 1. The fourth-order valence-corrected chi connectivity index (χ4v) is 3.66. The van der Waals surface area contributed by atoms with Crippen LogP contribution in [0.3, 0.4) is 0 Å². The highest BCUT2D eigenvalue weighted by Gasteiger charge is 2.39. The first kappa shape index (κ1) is 13.4. The molecular formula is C15H22N4O. The van der Waals surface area contributed by atoms with Crippen LogP contribution in [0.15, 0.2) is 12.1 Å². The zero-order valence-corrected chi connectivity index (χ0v) is 11.9. The minimum atomic E-state index is -0.398. The van der Waals surface area contributed by atoms with Crippen molar-refractivity contribution >= 4 is 11.7 Å². The third-order valence-corrected chi connectivity index (χ3v) is 4.70. The number of carbonyl (C=O) groups excluding carboxylic acids is 1. The van der Waals surface area contributed by atoms with Gasteiger partial charge in [0.25, 0.3) is 0 Å². The normalized spacial score (nSPS) is 29.3. The van der Waals surface area contributed by atoms with E-state index in [1.165, 1.54) is 12.8 Å². The zero-order valence-electron chi connectivity index (χ0n) is 11.9. The number of hydrogen-bond donors (Lipinski definition) is 2. The van der Waals surface area contributed by atoms with Gasteiger partial charge in [0.15, 0.2) is 0 Å². The second-order valence-corrected chi connectivity index (χ2v) is 6.14. The zero-order chi connectivity index (χ0) is 14.3. The second kappa shape index (κ2) is 5.05. The minimum Gasteiger partial charge on any atom is -0.366 e. The molecule has 2 aliphatic rings. The van der Waals surface area contributed by atoms with Gasteiger partial charge in [0.1, 0.15) is 5.82 Å². The van der Waals surface area contributed by atoms with Gasteiger partial charge in [-0.1, -0.05) is 6.42 Å². The molecule has 108 valence electrons. The van der Waals surface area contributed by atoms with Gasteiger partial charge in [0.2, 0.25) is 5.91 Å². The summed E-state index contributed by atoms with van der Waals surface area (Å²) in [4.78, 5) is 18.2. The third-order valence-electron chi connectivity index (χ3n) is 4.70. The third kappa shape index (κ3) is 2.38. The van der Waals surface area contributed by atoms with Crippen LogP contribution >= 0.6 is 0 Å². The topological polar surface area (TPSA) is 85.2 Å². The standard InChI is InChI=1S/C15H22N4O/c1-9-5-11(15(17)20)6-14(18-9)19-7-10-3-2-4-13(16)12(10)8-19/h5-6,10,12-13H,2-4,7-8,16H2,1H3,(H2,17,20). The molecule has 4 N–H and O–H groups in total. The van der Waals surface area contributed by atoms with Gasteiger partial charge in [0.05, 0.1) is 0 Å². The summed E-state index contributed by atoms with van der Waals surface area (Å²) >= 11 is 0. The van der Waals surface area contributed by atoms with E-state index in [-0.39, 0.29) is 0 Å². The molecule has 3 rings (SSSR count). The van der Waals surface area contributed by atoms with Gasteiger partial charge in [-0.15, -0.1) is 0 Å². The van der Waals surface area contributed by atoms with Crippen molar-refractivity contribution in [1.29, 1.82) is 0 Å². The number of carbonyl (C=O) groups is 1. The van der Waals surface area contributed by atoms with Crippen molar-refractivity contribution in [2.75, 3.05) is 18.0 Å². The fourth-order valence-electron chi connectivity index (χ4n) is 3.66.